The summed E-state index contributed by atoms with van der Waals surface area (Å²) in [5, 5.41) is 2.80. The van der Waals surface area contributed by atoms with E-state index in [2.05, 4.69) is 16.6 Å². The van der Waals surface area contributed by atoms with Gasteiger partial charge in [0.05, 0.1) is 0 Å². The summed E-state index contributed by atoms with van der Waals surface area (Å²) in [6.45, 7) is 4.35. The zero-order valence-corrected chi connectivity index (χ0v) is 11.9. The maximum atomic E-state index is 11.5. The molecular formula is C16H23N2O2. The van der Waals surface area contributed by atoms with Crippen LogP contribution in [0.3, 0.4) is 0 Å². The highest BCUT2D eigenvalue weighted by atomic mass is 16.5. The number of hydrogen-bond acceptors (Lipinski definition) is 3. The van der Waals surface area contributed by atoms with Gasteiger partial charge in [-0.2, -0.15) is 0 Å². The number of amides is 1. The van der Waals surface area contributed by atoms with Gasteiger partial charge in [-0.3, -0.25) is 0 Å². The number of rotatable bonds is 6. The molecule has 4 heteroatoms. The molecule has 1 aromatic carbocycles. The van der Waals surface area contributed by atoms with Crippen LogP contribution in [0.1, 0.15) is 24.8 Å². The van der Waals surface area contributed by atoms with Crippen LogP contribution in [0.15, 0.2) is 30.3 Å². The summed E-state index contributed by atoms with van der Waals surface area (Å²) >= 11 is 0. The van der Waals surface area contributed by atoms with Crippen molar-refractivity contribution in [3.05, 3.63) is 42.3 Å². The number of piperidine rings is 1. The van der Waals surface area contributed by atoms with Gasteiger partial charge in [0, 0.05) is 6.54 Å². The molecule has 1 heterocycles. The van der Waals surface area contributed by atoms with Crippen LogP contribution < -0.4 is 5.32 Å². The number of carbonyl (C=O) groups excluding carboxylic acids is 1. The molecule has 1 aliphatic heterocycles. The van der Waals surface area contributed by atoms with Gasteiger partial charge in [-0.15, -0.1) is 0 Å². The van der Waals surface area contributed by atoms with E-state index in [4.69, 9.17) is 4.74 Å². The molecule has 20 heavy (non-hydrogen) atoms. The molecule has 1 N–H and O–H groups in total. The van der Waals surface area contributed by atoms with Crippen LogP contribution in [-0.2, 0) is 11.3 Å². The van der Waals surface area contributed by atoms with Gasteiger partial charge in [0.25, 0.3) is 0 Å². The van der Waals surface area contributed by atoms with Crippen molar-refractivity contribution in [1.29, 1.82) is 0 Å². The van der Waals surface area contributed by atoms with Gasteiger partial charge in [-0.1, -0.05) is 30.3 Å². The van der Waals surface area contributed by atoms with Crippen molar-refractivity contribution in [1.82, 2.24) is 10.2 Å². The van der Waals surface area contributed by atoms with Gasteiger partial charge in [0.2, 0.25) is 0 Å². The van der Waals surface area contributed by atoms with E-state index in [-0.39, 0.29) is 6.09 Å². The molecular weight excluding hydrogens is 252 g/mol. The Balaban J connectivity index is 1.51. The second-order valence-electron chi connectivity index (χ2n) is 5.05. The molecule has 4 nitrogen and oxygen atoms in total. The third kappa shape index (κ3) is 5.61. The fourth-order valence-corrected chi connectivity index (χ4v) is 2.29. The van der Waals surface area contributed by atoms with Crippen LogP contribution in [0, 0.1) is 6.42 Å². The van der Waals surface area contributed by atoms with Gasteiger partial charge in [0.1, 0.15) is 6.61 Å². The van der Waals surface area contributed by atoms with Gasteiger partial charge < -0.3 is 15.0 Å². The second-order valence-corrected chi connectivity index (χ2v) is 5.05. The molecule has 1 fully saturated rings. The summed E-state index contributed by atoms with van der Waals surface area (Å²) in [4.78, 5) is 14.0. The normalized spacial score (nSPS) is 15.8. The molecule has 0 unspecified atom stereocenters. The first-order valence-corrected chi connectivity index (χ1v) is 7.33. The Morgan fingerprint density at radius 3 is 2.70 bits per heavy atom. The Labute approximate surface area is 121 Å². The minimum absolute atomic E-state index is 0.328. The first kappa shape index (κ1) is 14.9. The number of carbonyl (C=O) groups is 1. The molecule has 0 spiro atoms. The van der Waals surface area contributed by atoms with Crippen LogP contribution in [0.5, 0.6) is 0 Å². The SMILES string of the molecule is O=C(NCCCN1CC[CH]CC1)OCc1ccccc1. The Morgan fingerprint density at radius 1 is 1.20 bits per heavy atom. The smallest absolute Gasteiger partial charge is 0.407 e. The summed E-state index contributed by atoms with van der Waals surface area (Å²) in [6, 6.07) is 9.71. The number of likely N-dealkylation sites (tertiary alicyclic amines) is 1. The molecule has 0 saturated carbocycles. The lowest BCUT2D eigenvalue weighted by molar-refractivity contribution is 0.139. The van der Waals surface area contributed by atoms with Crippen LogP contribution in [0.2, 0.25) is 0 Å². The monoisotopic (exact) mass is 275 g/mol. The van der Waals surface area contributed by atoms with E-state index in [1.165, 1.54) is 12.8 Å². The maximum absolute atomic E-state index is 11.5. The first-order chi connectivity index (χ1) is 9.84. The van der Waals surface area contributed by atoms with Gasteiger partial charge in [-0.05, 0) is 50.9 Å². The van der Waals surface area contributed by atoms with E-state index in [0.717, 1.165) is 31.6 Å². The van der Waals surface area contributed by atoms with Crippen LogP contribution in [-0.4, -0.2) is 37.2 Å². The van der Waals surface area contributed by atoms with E-state index in [0.29, 0.717) is 13.2 Å². The minimum Gasteiger partial charge on any atom is -0.445 e. The highest BCUT2D eigenvalue weighted by Gasteiger charge is 2.09. The van der Waals surface area contributed by atoms with Crippen molar-refractivity contribution in [2.45, 2.75) is 25.9 Å². The fourth-order valence-electron chi connectivity index (χ4n) is 2.29. The second kappa shape index (κ2) is 8.59. The third-order valence-corrected chi connectivity index (χ3v) is 3.43. The average Bonchev–Trinajstić information content (AvgIpc) is 2.52. The standard InChI is InChI=1S/C16H23N2O2/c19-16(20-14-15-8-3-1-4-9-15)17-10-7-13-18-11-5-2-6-12-18/h1-4,8-9H,5-7,10-14H2,(H,17,19). The van der Waals surface area contributed by atoms with Gasteiger partial charge in [-0.25, -0.2) is 4.79 Å². The lowest BCUT2D eigenvalue weighted by Crippen LogP contribution is -2.33. The third-order valence-electron chi connectivity index (χ3n) is 3.43. The number of alkyl carbamates (subject to hydrolysis) is 1. The Morgan fingerprint density at radius 2 is 1.95 bits per heavy atom. The quantitative estimate of drug-likeness (QED) is 0.811. The summed E-state index contributed by atoms with van der Waals surface area (Å²) in [5.74, 6) is 0. The lowest BCUT2D eigenvalue weighted by atomic mass is 10.1. The average molecular weight is 275 g/mol. The topological polar surface area (TPSA) is 41.6 Å². The molecule has 2 rings (SSSR count). The largest absolute Gasteiger partial charge is 0.445 e. The maximum Gasteiger partial charge on any atom is 0.407 e. The Hall–Kier alpha value is -1.55. The predicted octanol–water partition coefficient (Wildman–Crippen LogP) is 2.60. The molecule has 0 bridgehead atoms. The number of ether oxygens (including phenoxy) is 1. The molecule has 0 aromatic heterocycles. The van der Waals surface area contributed by atoms with E-state index >= 15 is 0 Å². The molecule has 109 valence electrons. The van der Waals surface area contributed by atoms with Crippen molar-refractivity contribution < 1.29 is 9.53 Å². The highest BCUT2D eigenvalue weighted by molar-refractivity contribution is 5.67. The van der Waals surface area contributed by atoms with Crippen molar-refractivity contribution in [3.8, 4) is 0 Å². The molecule has 1 radical (unpaired) electrons. The molecule has 0 aliphatic carbocycles. The van der Waals surface area contributed by atoms with Gasteiger partial charge in [0.15, 0.2) is 0 Å². The molecule has 1 aliphatic rings. The lowest BCUT2D eigenvalue weighted by Gasteiger charge is -2.26. The molecule has 1 saturated heterocycles. The van der Waals surface area contributed by atoms with Crippen LogP contribution >= 0.6 is 0 Å². The van der Waals surface area contributed by atoms with Crippen molar-refractivity contribution in [3.63, 3.8) is 0 Å². The predicted molar refractivity (Wildman–Crippen MR) is 79.2 cm³/mol. The van der Waals surface area contributed by atoms with E-state index < -0.39 is 0 Å². The molecule has 1 aromatic rings. The zero-order chi connectivity index (χ0) is 14.0. The molecule has 0 atom stereocenters. The Bertz CT molecular complexity index is 389. The van der Waals surface area contributed by atoms with E-state index in [9.17, 15) is 4.79 Å². The summed E-state index contributed by atoms with van der Waals surface area (Å²) in [5.41, 5.74) is 1.01. The van der Waals surface area contributed by atoms with Crippen molar-refractivity contribution in [2.75, 3.05) is 26.2 Å². The molecule has 1 amide bonds. The van der Waals surface area contributed by atoms with E-state index in [1.54, 1.807) is 0 Å². The minimum atomic E-state index is -0.333. The number of benzene rings is 1. The first-order valence-electron chi connectivity index (χ1n) is 7.33. The number of nitrogens with zero attached hydrogens (tertiary/aromatic N) is 1. The highest BCUT2D eigenvalue weighted by Crippen LogP contribution is 2.07. The van der Waals surface area contributed by atoms with Crippen molar-refractivity contribution in [2.24, 2.45) is 0 Å². The fraction of sp³-hybridized carbons (Fsp3) is 0.500. The zero-order valence-electron chi connectivity index (χ0n) is 11.9. The summed E-state index contributed by atoms with van der Waals surface area (Å²) in [6.07, 6.45) is 5.36. The number of nitrogens with one attached hydrogen (secondary N) is 1. The Kier molecular flexibility index (Phi) is 6.38. The van der Waals surface area contributed by atoms with Crippen LogP contribution in [0.4, 0.5) is 4.79 Å². The summed E-state index contributed by atoms with van der Waals surface area (Å²) in [7, 11) is 0. The number of hydrogen-bond donors (Lipinski definition) is 1. The summed E-state index contributed by atoms with van der Waals surface area (Å²) < 4.78 is 5.15. The van der Waals surface area contributed by atoms with Crippen molar-refractivity contribution >= 4 is 6.09 Å². The van der Waals surface area contributed by atoms with Crippen LogP contribution in [0.25, 0.3) is 0 Å². The van der Waals surface area contributed by atoms with Gasteiger partial charge >= 0.3 is 6.09 Å². The van der Waals surface area contributed by atoms with E-state index in [1.807, 2.05) is 30.3 Å².